The van der Waals surface area contributed by atoms with Crippen molar-refractivity contribution in [3.63, 3.8) is 0 Å². The Morgan fingerprint density at radius 2 is 1.80 bits per heavy atom. The van der Waals surface area contributed by atoms with Crippen LogP contribution >= 0.6 is 0 Å². The van der Waals surface area contributed by atoms with Gasteiger partial charge in [0, 0.05) is 18.3 Å². The second kappa shape index (κ2) is 9.80. The minimum absolute atomic E-state index is 0.0874. The Balaban J connectivity index is 1.36. The standard InChI is InChI=1S/C25H25N7O3/c26-24(33)22-15-30(14-19-6-4-5-13-31(19)25(34)32-17-27-16-28-32)29-23(22)18-9-11-21(12-10-18)35-20-7-2-1-3-8-20/h1-3,7-12,15-17,19H,4-6,13-14H2,(H2,26,33)/t19-/m0/s1. The number of nitrogens with zero attached hydrogens (tertiary/aromatic N) is 6. The predicted octanol–water partition coefficient (Wildman–Crippen LogP) is 3.56. The lowest BCUT2D eigenvalue weighted by Crippen LogP contribution is -2.47. The molecule has 1 atom stereocenters. The zero-order valence-electron chi connectivity index (χ0n) is 19.0. The van der Waals surface area contributed by atoms with E-state index in [0.717, 1.165) is 30.6 Å². The monoisotopic (exact) mass is 471 g/mol. The number of likely N-dealkylation sites (tertiary alicyclic amines) is 1. The fraction of sp³-hybridized carbons (Fsp3) is 0.240. The highest BCUT2D eigenvalue weighted by atomic mass is 16.5. The number of amides is 2. The first-order valence-electron chi connectivity index (χ1n) is 11.4. The molecule has 3 heterocycles. The van der Waals surface area contributed by atoms with E-state index in [4.69, 9.17) is 10.5 Å². The maximum absolute atomic E-state index is 12.9. The van der Waals surface area contributed by atoms with E-state index in [2.05, 4.69) is 15.2 Å². The molecule has 2 aromatic heterocycles. The fourth-order valence-electron chi connectivity index (χ4n) is 4.31. The Morgan fingerprint density at radius 1 is 1.03 bits per heavy atom. The molecule has 4 aromatic rings. The van der Waals surface area contributed by atoms with Crippen LogP contribution in [0.25, 0.3) is 11.3 Å². The van der Waals surface area contributed by atoms with E-state index in [9.17, 15) is 9.59 Å². The number of ether oxygens (including phenoxy) is 1. The molecule has 2 amide bonds. The van der Waals surface area contributed by atoms with Crippen molar-refractivity contribution in [2.45, 2.75) is 31.8 Å². The van der Waals surface area contributed by atoms with Crippen molar-refractivity contribution in [3.05, 3.63) is 79.0 Å². The van der Waals surface area contributed by atoms with Crippen LogP contribution in [0, 0.1) is 0 Å². The maximum Gasteiger partial charge on any atom is 0.346 e. The van der Waals surface area contributed by atoms with Crippen LogP contribution in [0.5, 0.6) is 11.5 Å². The van der Waals surface area contributed by atoms with Gasteiger partial charge < -0.3 is 15.4 Å². The van der Waals surface area contributed by atoms with Gasteiger partial charge >= 0.3 is 6.03 Å². The van der Waals surface area contributed by atoms with Crippen molar-refractivity contribution in [3.8, 4) is 22.8 Å². The summed E-state index contributed by atoms with van der Waals surface area (Å²) in [5.41, 5.74) is 7.24. The normalized spacial score (nSPS) is 15.7. The first-order chi connectivity index (χ1) is 17.1. The molecule has 0 aliphatic carbocycles. The molecule has 1 aliphatic heterocycles. The van der Waals surface area contributed by atoms with E-state index in [1.54, 1.807) is 15.8 Å². The lowest BCUT2D eigenvalue weighted by atomic mass is 10.0. The highest BCUT2D eigenvalue weighted by molar-refractivity contribution is 5.98. The Hall–Kier alpha value is -4.47. The Bertz CT molecular complexity index is 1300. The topological polar surface area (TPSA) is 121 Å². The first kappa shape index (κ1) is 22.3. The predicted molar refractivity (Wildman–Crippen MR) is 128 cm³/mol. The summed E-state index contributed by atoms with van der Waals surface area (Å²) in [6.45, 7) is 1.07. The molecule has 35 heavy (non-hydrogen) atoms. The van der Waals surface area contributed by atoms with Crippen LogP contribution in [0.4, 0.5) is 4.79 Å². The lowest BCUT2D eigenvalue weighted by molar-refractivity contribution is 0.1000. The number of aromatic nitrogens is 5. The van der Waals surface area contributed by atoms with Crippen molar-refractivity contribution < 1.29 is 14.3 Å². The smallest absolute Gasteiger partial charge is 0.346 e. The van der Waals surface area contributed by atoms with Gasteiger partial charge in [0.15, 0.2) is 0 Å². The van der Waals surface area contributed by atoms with Gasteiger partial charge in [-0.1, -0.05) is 18.2 Å². The van der Waals surface area contributed by atoms with E-state index in [1.807, 2.05) is 54.6 Å². The maximum atomic E-state index is 12.9. The zero-order valence-corrected chi connectivity index (χ0v) is 19.0. The minimum atomic E-state index is -0.560. The summed E-state index contributed by atoms with van der Waals surface area (Å²) < 4.78 is 8.78. The number of hydrogen-bond acceptors (Lipinski definition) is 6. The van der Waals surface area contributed by atoms with Crippen molar-refractivity contribution in [2.24, 2.45) is 5.73 Å². The van der Waals surface area contributed by atoms with Crippen molar-refractivity contribution in [2.75, 3.05) is 6.54 Å². The molecule has 0 bridgehead atoms. The fourth-order valence-corrected chi connectivity index (χ4v) is 4.31. The molecule has 1 aliphatic rings. The Labute approximate surface area is 201 Å². The third-order valence-corrected chi connectivity index (χ3v) is 6.02. The van der Waals surface area contributed by atoms with Gasteiger partial charge in [-0.15, -0.1) is 0 Å². The van der Waals surface area contributed by atoms with Crippen molar-refractivity contribution >= 4 is 11.9 Å². The molecule has 0 radical (unpaired) electrons. The summed E-state index contributed by atoms with van der Waals surface area (Å²) in [5, 5.41) is 8.64. The summed E-state index contributed by atoms with van der Waals surface area (Å²) in [6.07, 6.45) is 7.14. The number of carbonyl (C=O) groups is 2. The van der Waals surface area contributed by atoms with Crippen LogP contribution in [0.15, 0.2) is 73.4 Å². The molecule has 2 N–H and O–H groups in total. The minimum Gasteiger partial charge on any atom is -0.457 e. The number of carbonyl (C=O) groups excluding carboxylic acids is 2. The molecule has 0 saturated carbocycles. The second-order valence-electron chi connectivity index (χ2n) is 8.38. The van der Waals surface area contributed by atoms with Gasteiger partial charge in [-0.2, -0.15) is 14.9 Å². The van der Waals surface area contributed by atoms with Crippen molar-refractivity contribution in [1.82, 2.24) is 29.4 Å². The van der Waals surface area contributed by atoms with Gasteiger partial charge in [0.1, 0.15) is 29.8 Å². The summed E-state index contributed by atoms with van der Waals surface area (Å²) in [6, 6.07) is 16.5. The molecule has 5 rings (SSSR count). The number of nitrogens with two attached hydrogens (primary N) is 1. The van der Waals surface area contributed by atoms with Gasteiger partial charge in [-0.25, -0.2) is 9.78 Å². The average molecular weight is 472 g/mol. The molecule has 1 saturated heterocycles. The molecule has 0 spiro atoms. The third-order valence-electron chi connectivity index (χ3n) is 6.02. The Kier molecular flexibility index (Phi) is 6.25. The van der Waals surface area contributed by atoms with Crippen LogP contribution in [-0.2, 0) is 6.54 Å². The second-order valence-corrected chi connectivity index (χ2v) is 8.38. The SMILES string of the molecule is NC(=O)c1cn(C[C@@H]2CCCCN2C(=O)n2cncn2)nc1-c1ccc(Oc2ccccc2)cc1. The summed E-state index contributed by atoms with van der Waals surface area (Å²) >= 11 is 0. The first-order valence-corrected chi connectivity index (χ1v) is 11.4. The van der Waals surface area contributed by atoms with Crippen LogP contribution < -0.4 is 10.5 Å². The summed E-state index contributed by atoms with van der Waals surface area (Å²) in [4.78, 5) is 30.8. The Morgan fingerprint density at radius 3 is 2.51 bits per heavy atom. The quantitative estimate of drug-likeness (QED) is 0.459. The molecule has 10 nitrogen and oxygen atoms in total. The van der Waals surface area contributed by atoms with Crippen LogP contribution in [0.3, 0.4) is 0 Å². The number of hydrogen-bond donors (Lipinski definition) is 1. The van der Waals surface area contributed by atoms with Crippen LogP contribution in [0.2, 0.25) is 0 Å². The molecule has 2 aromatic carbocycles. The van der Waals surface area contributed by atoms with E-state index in [-0.39, 0.29) is 12.1 Å². The summed E-state index contributed by atoms with van der Waals surface area (Å²) in [7, 11) is 0. The lowest BCUT2D eigenvalue weighted by Gasteiger charge is -2.35. The van der Waals surface area contributed by atoms with E-state index < -0.39 is 5.91 Å². The van der Waals surface area contributed by atoms with Gasteiger partial charge in [-0.3, -0.25) is 9.48 Å². The van der Waals surface area contributed by atoms with Crippen LogP contribution in [-0.4, -0.2) is 54.0 Å². The number of primary amides is 1. The highest BCUT2D eigenvalue weighted by Gasteiger charge is 2.29. The zero-order chi connectivity index (χ0) is 24.2. The number of benzene rings is 2. The molecular weight excluding hydrogens is 446 g/mol. The van der Waals surface area contributed by atoms with Gasteiger partial charge in [0.2, 0.25) is 0 Å². The number of rotatable bonds is 6. The highest BCUT2D eigenvalue weighted by Crippen LogP contribution is 2.28. The van der Waals surface area contributed by atoms with E-state index >= 15 is 0 Å². The van der Waals surface area contributed by atoms with E-state index in [0.29, 0.717) is 30.1 Å². The number of para-hydroxylation sites is 1. The van der Waals surface area contributed by atoms with Gasteiger partial charge in [0.05, 0.1) is 18.2 Å². The van der Waals surface area contributed by atoms with Crippen molar-refractivity contribution in [1.29, 1.82) is 0 Å². The number of piperidine rings is 1. The van der Waals surface area contributed by atoms with Crippen LogP contribution in [0.1, 0.15) is 29.6 Å². The molecule has 0 unspecified atom stereocenters. The summed E-state index contributed by atoms with van der Waals surface area (Å²) in [5.74, 6) is 0.847. The third kappa shape index (κ3) is 4.91. The van der Waals surface area contributed by atoms with E-state index in [1.165, 1.54) is 17.3 Å². The molecule has 178 valence electrons. The molecular formula is C25H25N7O3. The van der Waals surface area contributed by atoms with Gasteiger partial charge in [-0.05, 0) is 55.7 Å². The molecule has 10 heteroatoms. The largest absolute Gasteiger partial charge is 0.457 e. The molecule has 1 fully saturated rings. The average Bonchev–Trinajstić information content (AvgIpc) is 3.56. The van der Waals surface area contributed by atoms with Gasteiger partial charge in [0.25, 0.3) is 5.91 Å².